The summed E-state index contributed by atoms with van der Waals surface area (Å²) in [6.07, 6.45) is 1.88. The molecule has 0 aliphatic carbocycles. The lowest BCUT2D eigenvalue weighted by molar-refractivity contribution is 0.0929. The number of carbonyl (C=O) groups excluding carboxylic acids is 1. The molecule has 18 heavy (non-hydrogen) atoms. The van der Waals surface area contributed by atoms with Gasteiger partial charge in [-0.1, -0.05) is 0 Å². The summed E-state index contributed by atoms with van der Waals surface area (Å²) < 4.78 is 13.3. The molecule has 1 aromatic rings. The summed E-state index contributed by atoms with van der Waals surface area (Å²) in [4.78, 5) is 11.9. The number of carbonyl (C=O) groups is 1. The summed E-state index contributed by atoms with van der Waals surface area (Å²) in [5.41, 5.74) is 0.483. The van der Waals surface area contributed by atoms with Gasteiger partial charge in [-0.15, -0.1) is 12.4 Å². The molecule has 1 fully saturated rings. The lowest BCUT2D eigenvalue weighted by Gasteiger charge is -2.23. The van der Waals surface area contributed by atoms with Gasteiger partial charge in [0, 0.05) is 11.6 Å². The summed E-state index contributed by atoms with van der Waals surface area (Å²) in [5, 5.41) is 6.20. The van der Waals surface area contributed by atoms with Gasteiger partial charge in [0.1, 0.15) is 5.82 Å². The molecule has 0 aromatic heterocycles. The summed E-state index contributed by atoms with van der Waals surface area (Å²) in [6, 6.07) is 4.51. The minimum Gasteiger partial charge on any atom is -0.349 e. The summed E-state index contributed by atoms with van der Waals surface area (Å²) >= 11 is 3.07. The van der Waals surface area contributed by atoms with Crippen LogP contribution in [0.15, 0.2) is 22.7 Å². The molecule has 1 amide bonds. The molecule has 6 heteroatoms. The van der Waals surface area contributed by atoms with Crippen molar-refractivity contribution in [1.29, 1.82) is 0 Å². The van der Waals surface area contributed by atoms with Crippen LogP contribution < -0.4 is 10.6 Å². The Balaban J connectivity index is 0.00000162. The number of rotatable bonds is 2. The van der Waals surface area contributed by atoms with Gasteiger partial charge in [-0.05, 0) is 60.1 Å². The molecular weight excluding hydrogens is 322 g/mol. The maximum Gasteiger partial charge on any atom is 0.251 e. The van der Waals surface area contributed by atoms with Crippen molar-refractivity contribution < 1.29 is 9.18 Å². The number of hydrogen-bond acceptors (Lipinski definition) is 2. The van der Waals surface area contributed by atoms with Crippen molar-refractivity contribution in [3.05, 3.63) is 34.1 Å². The topological polar surface area (TPSA) is 41.1 Å². The van der Waals surface area contributed by atoms with E-state index in [1.54, 1.807) is 0 Å². The molecule has 0 bridgehead atoms. The van der Waals surface area contributed by atoms with Crippen molar-refractivity contribution in [2.24, 2.45) is 0 Å². The summed E-state index contributed by atoms with van der Waals surface area (Å²) in [6.45, 7) is 1.86. The van der Waals surface area contributed by atoms with Crippen molar-refractivity contribution in [3.63, 3.8) is 0 Å². The molecule has 100 valence electrons. The van der Waals surface area contributed by atoms with Crippen LogP contribution in [-0.2, 0) is 0 Å². The quantitative estimate of drug-likeness (QED) is 0.870. The Morgan fingerprint density at radius 3 is 2.67 bits per heavy atom. The van der Waals surface area contributed by atoms with E-state index in [2.05, 4.69) is 26.6 Å². The molecule has 1 saturated heterocycles. The Hall–Kier alpha value is -0.650. The van der Waals surface area contributed by atoms with E-state index in [0.29, 0.717) is 10.0 Å². The molecule has 0 spiro atoms. The zero-order chi connectivity index (χ0) is 12.3. The molecule has 3 nitrogen and oxygen atoms in total. The van der Waals surface area contributed by atoms with Crippen molar-refractivity contribution in [2.75, 3.05) is 13.1 Å². The molecule has 1 aliphatic rings. The minimum absolute atomic E-state index is 0. The smallest absolute Gasteiger partial charge is 0.251 e. The van der Waals surface area contributed by atoms with Crippen LogP contribution in [0.2, 0.25) is 0 Å². The Kier molecular flexibility index (Phi) is 6.05. The number of amides is 1. The first-order valence-corrected chi connectivity index (χ1v) is 6.43. The zero-order valence-corrected chi connectivity index (χ0v) is 12.1. The van der Waals surface area contributed by atoms with E-state index in [-0.39, 0.29) is 30.2 Å². The summed E-state index contributed by atoms with van der Waals surface area (Å²) in [5.74, 6) is -0.499. The normalized spacial score (nSPS) is 15.9. The first-order chi connectivity index (χ1) is 8.16. The van der Waals surface area contributed by atoms with Crippen LogP contribution in [0.3, 0.4) is 0 Å². The fourth-order valence-electron chi connectivity index (χ4n) is 1.87. The predicted molar refractivity (Wildman–Crippen MR) is 74.7 cm³/mol. The van der Waals surface area contributed by atoms with Crippen molar-refractivity contribution in [1.82, 2.24) is 10.6 Å². The van der Waals surface area contributed by atoms with E-state index < -0.39 is 0 Å². The molecule has 0 unspecified atom stereocenters. The Bertz CT molecular complexity index is 425. The third-order valence-corrected chi connectivity index (χ3v) is 3.46. The standard InChI is InChI=1S/C12H14BrFN2O.ClH/c13-10-7-8(1-2-11(10)14)12(17)16-9-3-5-15-6-4-9;/h1-2,7,9,15H,3-6H2,(H,16,17);1H. The van der Waals surface area contributed by atoms with Crippen LogP contribution in [-0.4, -0.2) is 25.0 Å². The van der Waals surface area contributed by atoms with Crippen LogP contribution >= 0.6 is 28.3 Å². The zero-order valence-electron chi connectivity index (χ0n) is 9.71. The molecular formula is C12H15BrClFN2O. The fraction of sp³-hybridized carbons (Fsp3) is 0.417. The van der Waals surface area contributed by atoms with Gasteiger partial charge >= 0.3 is 0 Å². The Morgan fingerprint density at radius 1 is 1.39 bits per heavy atom. The molecule has 0 atom stereocenters. The van der Waals surface area contributed by atoms with Crippen molar-refractivity contribution in [3.8, 4) is 0 Å². The third-order valence-electron chi connectivity index (χ3n) is 2.86. The molecule has 1 aliphatic heterocycles. The van der Waals surface area contributed by atoms with Gasteiger partial charge in [-0.25, -0.2) is 4.39 Å². The largest absolute Gasteiger partial charge is 0.349 e. The van der Waals surface area contributed by atoms with Crippen LogP contribution in [0.1, 0.15) is 23.2 Å². The number of benzene rings is 1. The minimum atomic E-state index is -0.358. The van der Waals surface area contributed by atoms with Gasteiger partial charge in [0.15, 0.2) is 0 Å². The first-order valence-electron chi connectivity index (χ1n) is 5.63. The van der Waals surface area contributed by atoms with Gasteiger partial charge < -0.3 is 10.6 Å². The van der Waals surface area contributed by atoms with Gasteiger partial charge in [0.05, 0.1) is 4.47 Å². The SMILES string of the molecule is Cl.O=C(NC1CCNCC1)c1ccc(F)c(Br)c1. The lowest BCUT2D eigenvalue weighted by Crippen LogP contribution is -2.42. The molecule has 1 aromatic carbocycles. The highest BCUT2D eigenvalue weighted by Gasteiger charge is 2.16. The fourth-order valence-corrected chi connectivity index (χ4v) is 2.25. The molecule has 2 N–H and O–H groups in total. The van der Waals surface area contributed by atoms with Gasteiger partial charge in [0.25, 0.3) is 5.91 Å². The van der Waals surface area contributed by atoms with E-state index in [9.17, 15) is 9.18 Å². The van der Waals surface area contributed by atoms with Gasteiger partial charge in [-0.2, -0.15) is 0 Å². The molecule has 1 heterocycles. The monoisotopic (exact) mass is 336 g/mol. The number of hydrogen-bond donors (Lipinski definition) is 2. The van der Waals surface area contributed by atoms with Gasteiger partial charge in [-0.3, -0.25) is 4.79 Å². The average molecular weight is 338 g/mol. The van der Waals surface area contributed by atoms with Crippen LogP contribution in [0.25, 0.3) is 0 Å². The highest BCUT2D eigenvalue weighted by Crippen LogP contribution is 2.17. The third kappa shape index (κ3) is 3.93. The Labute approximate surface area is 120 Å². The molecule has 0 radical (unpaired) electrons. The second-order valence-electron chi connectivity index (χ2n) is 4.13. The van der Waals surface area contributed by atoms with E-state index >= 15 is 0 Å². The second kappa shape index (κ2) is 7.07. The van der Waals surface area contributed by atoms with E-state index in [1.807, 2.05) is 0 Å². The highest BCUT2D eigenvalue weighted by molar-refractivity contribution is 9.10. The second-order valence-corrected chi connectivity index (χ2v) is 4.98. The number of halogens is 3. The van der Waals surface area contributed by atoms with Crippen LogP contribution in [0.4, 0.5) is 4.39 Å². The maximum absolute atomic E-state index is 13.0. The number of nitrogens with one attached hydrogen (secondary N) is 2. The molecule has 2 rings (SSSR count). The lowest BCUT2D eigenvalue weighted by atomic mass is 10.1. The van der Waals surface area contributed by atoms with Crippen LogP contribution in [0.5, 0.6) is 0 Å². The van der Waals surface area contributed by atoms with Crippen molar-refractivity contribution in [2.45, 2.75) is 18.9 Å². The van der Waals surface area contributed by atoms with E-state index in [1.165, 1.54) is 18.2 Å². The Morgan fingerprint density at radius 2 is 2.06 bits per heavy atom. The van der Waals surface area contributed by atoms with E-state index in [4.69, 9.17) is 0 Å². The molecule has 0 saturated carbocycles. The van der Waals surface area contributed by atoms with E-state index in [0.717, 1.165) is 25.9 Å². The van der Waals surface area contributed by atoms with Gasteiger partial charge in [0.2, 0.25) is 0 Å². The van der Waals surface area contributed by atoms with Crippen molar-refractivity contribution >= 4 is 34.2 Å². The van der Waals surface area contributed by atoms with Crippen LogP contribution in [0, 0.1) is 5.82 Å². The average Bonchev–Trinajstić information content (AvgIpc) is 2.34. The predicted octanol–water partition coefficient (Wildman–Crippen LogP) is 2.49. The number of piperidine rings is 1. The highest BCUT2D eigenvalue weighted by atomic mass is 79.9. The first kappa shape index (κ1) is 15.4. The maximum atomic E-state index is 13.0. The summed E-state index contributed by atoms with van der Waals surface area (Å²) in [7, 11) is 0.